The number of benzene rings is 1. The van der Waals surface area contributed by atoms with Crippen molar-refractivity contribution in [1.29, 1.82) is 0 Å². The highest BCUT2D eigenvalue weighted by Crippen LogP contribution is 2.16. The first-order valence-electron chi connectivity index (χ1n) is 7.94. The molecule has 1 heterocycles. The lowest BCUT2D eigenvalue weighted by atomic mass is 10.3. The fourth-order valence-corrected chi connectivity index (χ4v) is 2.34. The van der Waals surface area contributed by atoms with E-state index in [2.05, 4.69) is 20.9 Å². The minimum atomic E-state index is -0.361. The lowest BCUT2D eigenvalue weighted by molar-refractivity contribution is -0.124. The summed E-state index contributed by atoms with van der Waals surface area (Å²) < 4.78 is 5.77. The molecule has 2 rings (SSSR count). The first-order chi connectivity index (χ1) is 12.0. The molecule has 1 aromatic rings. The zero-order chi connectivity index (χ0) is 18.2. The van der Waals surface area contributed by atoms with Gasteiger partial charge in [-0.05, 0) is 31.2 Å². The van der Waals surface area contributed by atoms with E-state index in [0.717, 1.165) is 5.75 Å². The summed E-state index contributed by atoms with van der Waals surface area (Å²) in [5.74, 6) is 1.08. The Morgan fingerprint density at radius 1 is 1.35 bits per heavy atom. The molecular weight excluding hydrogens is 473 g/mol. The van der Waals surface area contributed by atoms with E-state index in [1.807, 2.05) is 19.1 Å². The molecule has 144 valence electrons. The summed E-state index contributed by atoms with van der Waals surface area (Å²) in [7, 11) is 1.65. The second-order valence-electron chi connectivity index (χ2n) is 5.47. The van der Waals surface area contributed by atoms with Gasteiger partial charge in [0, 0.05) is 25.2 Å². The molecule has 1 aromatic carbocycles. The van der Waals surface area contributed by atoms with Crippen LogP contribution in [0.5, 0.6) is 5.75 Å². The van der Waals surface area contributed by atoms with E-state index in [1.165, 1.54) is 4.90 Å². The van der Waals surface area contributed by atoms with Crippen molar-refractivity contribution in [2.24, 2.45) is 4.99 Å². The van der Waals surface area contributed by atoms with E-state index in [0.29, 0.717) is 24.1 Å². The maximum absolute atomic E-state index is 11.5. The smallest absolute Gasteiger partial charge is 0.324 e. The van der Waals surface area contributed by atoms with Crippen molar-refractivity contribution >= 4 is 53.5 Å². The first kappa shape index (κ1) is 22.3. The molecule has 3 amide bonds. The number of ether oxygens (including phenoxy) is 1. The molecule has 26 heavy (non-hydrogen) atoms. The van der Waals surface area contributed by atoms with Crippen LogP contribution in [0.3, 0.4) is 0 Å². The molecule has 1 atom stereocenters. The van der Waals surface area contributed by atoms with Crippen molar-refractivity contribution in [1.82, 2.24) is 20.9 Å². The van der Waals surface area contributed by atoms with E-state index in [9.17, 15) is 9.59 Å². The van der Waals surface area contributed by atoms with Crippen LogP contribution in [0, 0.1) is 0 Å². The van der Waals surface area contributed by atoms with Gasteiger partial charge in [-0.1, -0.05) is 11.6 Å². The zero-order valence-electron chi connectivity index (χ0n) is 14.6. The van der Waals surface area contributed by atoms with Crippen LogP contribution in [0.4, 0.5) is 4.79 Å². The quantitative estimate of drug-likeness (QED) is 0.230. The van der Waals surface area contributed by atoms with Crippen molar-refractivity contribution in [3.8, 4) is 5.75 Å². The Kier molecular flexibility index (Phi) is 9.49. The standard InChI is InChI=1S/C16H22ClN5O3.HI/c1-11(25-13-5-3-12(17)4-6-13)9-20-15(18-2)19-7-8-22-14(23)10-21-16(22)24;/h3-6,11H,7-10H2,1-2H3,(H,21,24)(H2,18,19,20);1H. The number of guanidine groups is 1. The van der Waals surface area contributed by atoms with Gasteiger partial charge in [-0.25, -0.2) is 4.79 Å². The number of carbonyl (C=O) groups excluding carboxylic acids is 2. The maximum atomic E-state index is 11.5. The number of amides is 3. The molecule has 1 unspecified atom stereocenters. The zero-order valence-corrected chi connectivity index (χ0v) is 17.7. The van der Waals surface area contributed by atoms with E-state index in [4.69, 9.17) is 16.3 Å². The fraction of sp³-hybridized carbons (Fsp3) is 0.438. The summed E-state index contributed by atoms with van der Waals surface area (Å²) in [6.07, 6.45) is -0.0920. The van der Waals surface area contributed by atoms with Gasteiger partial charge in [0.15, 0.2) is 5.96 Å². The summed E-state index contributed by atoms with van der Waals surface area (Å²) in [4.78, 5) is 28.2. The summed E-state index contributed by atoms with van der Waals surface area (Å²) >= 11 is 5.84. The number of carbonyl (C=O) groups is 2. The molecule has 0 bridgehead atoms. The van der Waals surface area contributed by atoms with Crippen molar-refractivity contribution in [2.75, 3.05) is 33.2 Å². The highest BCUT2D eigenvalue weighted by Gasteiger charge is 2.27. The summed E-state index contributed by atoms with van der Waals surface area (Å²) in [5, 5.41) is 9.33. The normalized spacial score (nSPS) is 15.2. The number of urea groups is 1. The predicted octanol–water partition coefficient (Wildman–Crippen LogP) is 1.44. The van der Waals surface area contributed by atoms with Crippen LogP contribution in [0.15, 0.2) is 29.3 Å². The SMILES string of the molecule is CN=C(NCCN1C(=O)CNC1=O)NCC(C)Oc1ccc(Cl)cc1.I. The van der Waals surface area contributed by atoms with Gasteiger partial charge in [0.2, 0.25) is 5.91 Å². The third-order valence-electron chi connectivity index (χ3n) is 3.50. The highest BCUT2D eigenvalue weighted by molar-refractivity contribution is 14.0. The second kappa shape index (κ2) is 11.1. The second-order valence-corrected chi connectivity index (χ2v) is 5.90. The lowest BCUT2D eigenvalue weighted by Crippen LogP contribution is -2.45. The lowest BCUT2D eigenvalue weighted by Gasteiger charge is -2.18. The van der Waals surface area contributed by atoms with Crippen LogP contribution < -0.4 is 20.7 Å². The van der Waals surface area contributed by atoms with Gasteiger partial charge in [0.25, 0.3) is 0 Å². The predicted molar refractivity (Wildman–Crippen MR) is 111 cm³/mol. The topological polar surface area (TPSA) is 95.1 Å². The summed E-state index contributed by atoms with van der Waals surface area (Å²) in [6.45, 7) is 3.21. The van der Waals surface area contributed by atoms with Gasteiger partial charge in [-0.15, -0.1) is 24.0 Å². The van der Waals surface area contributed by atoms with Crippen molar-refractivity contribution in [2.45, 2.75) is 13.0 Å². The molecule has 10 heteroatoms. The Balaban J connectivity index is 0.00000338. The Labute approximate surface area is 174 Å². The number of nitrogens with zero attached hydrogens (tertiary/aromatic N) is 2. The van der Waals surface area contributed by atoms with E-state index < -0.39 is 0 Å². The Morgan fingerprint density at radius 3 is 2.62 bits per heavy atom. The molecule has 0 spiro atoms. The molecule has 0 aliphatic carbocycles. The molecule has 0 saturated carbocycles. The number of rotatable bonds is 7. The number of hydrogen-bond acceptors (Lipinski definition) is 4. The van der Waals surface area contributed by atoms with Crippen LogP contribution in [0.1, 0.15) is 6.92 Å². The number of aliphatic imine (C=N–C) groups is 1. The highest BCUT2D eigenvalue weighted by atomic mass is 127. The molecule has 1 saturated heterocycles. The third-order valence-corrected chi connectivity index (χ3v) is 3.75. The number of nitrogens with one attached hydrogen (secondary N) is 3. The third kappa shape index (κ3) is 6.87. The monoisotopic (exact) mass is 495 g/mol. The minimum Gasteiger partial charge on any atom is -0.489 e. The summed E-state index contributed by atoms with van der Waals surface area (Å²) in [5.41, 5.74) is 0. The maximum Gasteiger partial charge on any atom is 0.324 e. The van der Waals surface area contributed by atoms with Gasteiger partial charge < -0.3 is 20.7 Å². The van der Waals surface area contributed by atoms with E-state index >= 15 is 0 Å². The molecule has 1 aliphatic rings. The van der Waals surface area contributed by atoms with Crippen LogP contribution in [-0.2, 0) is 4.79 Å². The van der Waals surface area contributed by atoms with E-state index in [1.54, 1.807) is 19.2 Å². The Morgan fingerprint density at radius 2 is 2.04 bits per heavy atom. The first-order valence-corrected chi connectivity index (χ1v) is 8.32. The molecular formula is C16H23ClIN5O3. The number of halogens is 2. The van der Waals surface area contributed by atoms with Crippen molar-refractivity contribution < 1.29 is 14.3 Å². The van der Waals surface area contributed by atoms with Gasteiger partial charge in [-0.2, -0.15) is 0 Å². The van der Waals surface area contributed by atoms with Crippen LogP contribution in [-0.4, -0.2) is 62.1 Å². The number of hydrogen-bond donors (Lipinski definition) is 3. The summed E-state index contributed by atoms with van der Waals surface area (Å²) in [6, 6.07) is 6.80. The molecule has 0 aromatic heterocycles. The van der Waals surface area contributed by atoms with Gasteiger partial charge >= 0.3 is 6.03 Å². The molecule has 8 nitrogen and oxygen atoms in total. The van der Waals surface area contributed by atoms with Gasteiger partial charge in [0.1, 0.15) is 11.9 Å². The minimum absolute atomic E-state index is 0. The Bertz CT molecular complexity index is 625. The molecule has 1 aliphatic heterocycles. The van der Waals surface area contributed by atoms with Gasteiger partial charge in [0.05, 0.1) is 13.1 Å². The average Bonchev–Trinajstić information content (AvgIpc) is 2.91. The number of imide groups is 1. The average molecular weight is 496 g/mol. The van der Waals surface area contributed by atoms with Crippen LogP contribution in [0.2, 0.25) is 5.02 Å². The fourth-order valence-electron chi connectivity index (χ4n) is 2.22. The van der Waals surface area contributed by atoms with Crippen molar-refractivity contribution in [3.05, 3.63) is 29.3 Å². The Hall–Kier alpha value is -1.75. The van der Waals surface area contributed by atoms with Crippen LogP contribution in [0.25, 0.3) is 0 Å². The molecule has 1 fully saturated rings. The van der Waals surface area contributed by atoms with Crippen molar-refractivity contribution in [3.63, 3.8) is 0 Å². The van der Waals surface area contributed by atoms with Crippen LogP contribution >= 0.6 is 35.6 Å². The van der Waals surface area contributed by atoms with E-state index in [-0.39, 0.29) is 55.1 Å². The van der Waals surface area contributed by atoms with Gasteiger partial charge in [-0.3, -0.25) is 14.7 Å². The molecule has 0 radical (unpaired) electrons. The molecule has 3 N–H and O–H groups in total. The largest absolute Gasteiger partial charge is 0.489 e.